The lowest BCUT2D eigenvalue weighted by molar-refractivity contribution is -0.208. The number of nitrogens with two attached hydrogens (primary N) is 1. The summed E-state index contributed by atoms with van der Waals surface area (Å²) < 4.78 is 11.6. The van der Waals surface area contributed by atoms with Crippen molar-refractivity contribution < 1.29 is 9.47 Å². The Kier molecular flexibility index (Phi) is 6.34. The second-order valence-corrected chi connectivity index (χ2v) is 5.36. The van der Waals surface area contributed by atoms with Gasteiger partial charge < -0.3 is 15.2 Å². The lowest BCUT2D eigenvalue weighted by atomic mass is 9.97. The van der Waals surface area contributed by atoms with E-state index in [1.54, 1.807) is 6.20 Å². The van der Waals surface area contributed by atoms with Gasteiger partial charge in [0.25, 0.3) is 0 Å². The molecule has 2 N–H and O–H groups in total. The van der Waals surface area contributed by atoms with Crippen LogP contribution in [0, 0.1) is 5.92 Å². The lowest BCUT2D eigenvalue weighted by Gasteiger charge is -2.32. The van der Waals surface area contributed by atoms with Crippen LogP contribution < -0.4 is 5.73 Å². The first-order valence-corrected chi connectivity index (χ1v) is 7.26. The van der Waals surface area contributed by atoms with Crippen LogP contribution in [0.5, 0.6) is 0 Å². The van der Waals surface area contributed by atoms with Gasteiger partial charge in [-0.2, -0.15) is 0 Å². The number of aromatic nitrogens is 1. The molecule has 5 heteroatoms. The van der Waals surface area contributed by atoms with Crippen LogP contribution in [0.2, 0.25) is 0 Å². The van der Waals surface area contributed by atoms with Gasteiger partial charge in [0.15, 0.2) is 6.29 Å². The van der Waals surface area contributed by atoms with Crippen LogP contribution in [0.4, 0.5) is 0 Å². The molecule has 0 radical (unpaired) electrons. The third-order valence-electron chi connectivity index (χ3n) is 3.77. The molecule has 0 amide bonds. The summed E-state index contributed by atoms with van der Waals surface area (Å²) in [5, 5.41) is 0. The van der Waals surface area contributed by atoms with Crippen LogP contribution in [-0.2, 0) is 15.9 Å². The van der Waals surface area contributed by atoms with Gasteiger partial charge in [-0.3, -0.25) is 4.98 Å². The average molecular weight is 321 g/mol. The van der Waals surface area contributed by atoms with Crippen molar-refractivity contribution in [2.75, 3.05) is 13.2 Å². The minimum absolute atomic E-state index is 0. The molecule has 4 nitrogen and oxygen atoms in total. The van der Waals surface area contributed by atoms with Gasteiger partial charge in [-0.25, -0.2) is 0 Å². The highest BCUT2D eigenvalue weighted by atomic mass is 35.5. The third kappa shape index (κ3) is 4.27. The molecule has 0 unspecified atom stereocenters. The van der Waals surface area contributed by atoms with Crippen molar-refractivity contribution in [2.24, 2.45) is 11.7 Å². The Labute approximate surface area is 137 Å². The van der Waals surface area contributed by atoms with E-state index in [0.29, 0.717) is 13.2 Å². The van der Waals surface area contributed by atoms with E-state index in [1.165, 1.54) is 0 Å². The zero-order valence-corrected chi connectivity index (χ0v) is 13.1. The molecule has 2 heterocycles. The minimum atomic E-state index is -0.274. The van der Waals surface area contributed by atoms with Gasteiger partial charge in [-0.1, -0.05) is 36.4 Å². The summed E-state index contributed by atoms with van der Waals surface area (Å²) in [5.41, 5.74) is 8.32. The van der Waals surface area contributed by atoms with E-state index in [-0.39, 0.29) is 30.7 Å². The van der Waals surface area contributed by atoms with Crippen molar-refractivity contribution in [1.29, 1.82) is 0 Å². The Morgan fingerprint density at radius 2 is 1.73 bits per heavy atom. The summed E-state index contributed by atoms with van der Waals surface area (Å²) in [6.07, 6.45) is 2.26. The zero-order chi connectivity index (χ0) is 14.5. The molecule has 0 aliphatic carbocycles. The molecule has 0 spiro atoms. The van der Waals surface area contributed by atoms with E-state index < -0.39 is 0 Å². The molecule has 1 aromatic heterocycles. The van der Waals surface area contributed by atoms with Crippen molar-refractivity contribution in [3.63, 3.8) is 0 Å². The van der Waals surface area contributed by atoms with Crippen LogP contribution in [0.3, 0.4) is 0 Å². The number of hydrogen-bond acceptors (Lipinski definition) is 4. The number of nitrogens with zero attached hydrogens (tertiary/aromatic N) is 1. The van der Waals surface area contributed by atoms with E-state index in [1.807, 2.05) is 48.5 Å². The molecular formula is C17H21ClN2O2. The van der Waals surface area contributed by atoms with Gasteiger partial charge >= 0.3 is 0 Å². The summed E-state index contributed by atoms with van der Waals surface area (Å²) in [7, 11) is 0. The normalized spacial score (nSPS) is 22.6. The molecule has 3 rings (SSSR count). The number of rotatable bonds is 4. The van der Waals surface area contributed by atoms with Crippen molar-refractivity contribution >= 4 is 12.4 Å². The standard InChI is InChI=1S/C17H20N2O2.ClH/c18-16(10-15-8-4-5-9-19-15)14-11-20-17(21-12-14)13-6-2-1-3-7-13;/h1-9,14,16-17H,10-12,18H2;1H/t14?,16-,17?;/m1./s1. The molecule has 0 bridgehead atoms. The Balaban J connectivity index is 0.00000176. The number of pyridine rings is 1. The number of hydrogen-bond donors (Lipinski definition) is 1. The van der Waals surface area contributed by atoms with E-state index in [9.17, 15) is 0 Å². The van der Waals surface area contributed by atoms with Gasteiger partial charge in [0.1, 0.15) is 0 Å². The molecule has 1 fully saturated rings. The van der Waals surface area contributed by atoms with Crippen molar-refractivity contribution in [1.82, 2.24) is 4.98 Å². The summed E-state index contributed by atoms with van der Waals surface area (Å²) in [6, 6.07) is 15.9. The summed E-state index contributed by atoms with van der Waals surface area (Å²) in [4.78, 5) is 4.31. The molecule has 1 aliphatic rings. The van der Waals surface area contributed by atoms with E-state index >= 15 is 0 Å². The Hall–Kier alpha value is -1.46. The first kappa shape index (κ1) is 16.9. The van der Waals surface area contributed by atoms with E-state index in [0.717, 1.165) is 17.7 Å². The van der Waals surface area contributed by atoms with Crippen LogP contribution >= 0.6 is 12.4 Å². The van der Waals surface area contributed by atoms with E-state index in [2.05, 4.69) is 4.98 Å². The van der Waals surface area contributed by atoms with Crippen LogP contribution in [0.25, 0.3) is 0 Å². The maximum Gasteiger partial charge on any atom is 0.183 e. The molecule has 2 aromatic rings. The fourth-order valence-electron chi connectivity index (χ4n) is 2.50. The first-order valence-electron chi connectivity index (χ1n) is 7.26. The SMILES string of the molecule is Cl.N[C@H](Cc1ccccn1)C1COC(c2ccccc2)OC1. The summed E-state index contributed by atoms with van der Waals surface area (Å²) in [6.45, 7) is 1.24. The van der Waals surface area contributed by atoms with Crippen molar-refractivity contribution in [3.8, 4) is 0 Å². The lowest BCUT2D eigenvalue weighted by Crippen LogP contribution is -2.41. The van der Waals surface area contributed by atoms with Crippen LogP contribution in [-0.4, -0.2) is 24.2 Å². The number of benzene rings is 1. The van der Waals surface area contributed by atoms with Gasteiger partial charge in [0.05, 0.1) is 13.2 Å². The maximum atomic E-state index is 6.26. The largest absolute Gasteiger partial charge is 0.348 e. The topological polar surface area (TPSA) is 57.4 Å². The molecular weight excluding hydrogens is 300 g/mol. The number of halogens is 1. The smallest absolute Gasteiger partial charge is 0.183 e. The molecule has 1 saturated heterocycles. The number of ether oxygens (including phenoxy) is 2. The highest BCUT2D eigenvalue weighted by Crippen LogP contribution is 2.26. The van der Waals surface area contributed by atoms with Gasteiger partial charge in [0.2, 0.25) is 0 Å². The highest BCUT2D eigenvalue weighted by molar-refractivity contribution is 5.85. The predicted molar refractivity (Wildman–Crippen MR) is 87.7 cm³/mol. The maximum absolute atomic E-state index is 6.26. The monoisotopic (exact) mass is 320 g/mol. The van der Waals surface area contributed by atoms with Gasteiger partial charge in [-0.15, -0.1) is 12.4 Å². The second kappa shape index (κ2) is 8.25. The Bertz CT molecular complexity index is 545. The second-order valence-electron chi connectivity index (χ2n) is 5.36. The molecule has 1 atom stereocenters. The molecule has 118 valence electrons. The summed E-state index contributed by atoms with van der Waals surface area (Å²) in [5.74, 6) is 0.201. The van der Waals surface area contributed by atoms with Gasteiger partial charge in [-0.05, 0) is 12.1 Å². The fourth-order valence-corrected chi connectivity index (χ4v) is 2.50. The first-order chi connectivity index (χ1) is 10.3. The predicted octanol–water partition coefficient (Wildman–Crippen LogP) is 2.74. The third-order valence-corrected chi connectivity index (χ3v) is 3.77. The van der Waals surface area contributed by atoms with Crippen LogP contribution in [0.15, 0.2) is 54.7 Å². The molecule has 22 heavy (non-hydrogen) atoms. The molecule has 1 aliphatic heterocycles. The Morgan fingerprint density at radius 3 is 2.36 bits per heavy atom. The molecule has 1 aromatic carbocycles. The summed E-state index contributed by atoms with van der Waals surface area (Å²) >= 11 is 0. The van der Waals surface area contributed by atoms with Crippen molar-refractivity contribution in [3.05, 3.63) is 66.0 Å². The van der Waals surface area contributed by atoms with Gasteiger partial charge in [0, 0.05) is 35.8 Å². The highest BCUT2D eigenvalue weighted by Gasteiger charge is 2.27. The van der Waals surface area contributed by atoms with Crippen molar-refractivity contribution in [2.45, 2.75) is 18.8 Å². The molecule has 0 saturated carbocycles. The average Bonchev–Trinajstić information content (AvgIpc) is 2.57. The van der Waals surface area contributed by atoms with Crippen LogP contribution in [0.1, 0.15) is 17.5 Å². The quantitative estimate of drug-likeness (QED) is 0.941. The minimum Gasteiger partial charge on any atom is -0.348 e. The zero-order valence-electron chi connectivity index (χ0n) is 12.3. The van der Waals surface area contributed by atoms with E-state index in [4.69, 9.17) is 15.2 Å². The Morgan fingerprint density at radius 1 is 1.05 bits per heavy atom. The fraction of sp³-hybridized carbons (Fsp3) is 0.353.